The third kappa shape index (κ3) is 2.31. The molecule has 2 aliphatic carbocycles. The highest BCUT2D eigenvalue weighted by Crippen LogP contribution is 2.51. The van der Waals surface area contributed by atoms with Gasteiger partial charge in [0.25, 0.3) is 0 Å². The van der Waals surface area contributed by atoms with Crippen LogP contribution in [-0.2, 0) is 6.54 Å². The summed E-state index contributed by atoms with van der Waals surface area (Å²) in [5, 5.41) is 3.76. The lowest BCUT2D eigenvalue weighted by atomic mass is 9.57. The molecule has 2 fully saturated rings. The van der Waals surface area contributed by atoms with Gasteiger partial charge >= 0.3 is 0 Å². The minimum absolute atomic E-state index is 0.655. The molecule has 3 rings (SSSR count). The van der Waals surface area contributed by atoms with Crippen LogP contribution in [0.3, 0.4) is 0 Å². The van der Waals surface area contributed by atoms with Crippen LogP contribution in [0.15, 0.2) is 18.2 Å². The van der Waals surface area contributed by atoms with E-state index in [1.54, 1.807) is 0 Å². The van der Waals surface area contributed by atoms with Gasteiger partial charge in [0.15, 0.2) is 0 Å². The first-order valence-electron chi connectivity index (χ1n) is 7.44. The van der Waals surface area contributed by atoms with Gasteiger partial charge in [-0.2, -0.15) is 0 Å². The molecule has 0 bridgehead atoms. The smallest absolute Gasteiger partial charge is 0.0544 e. The fourth-order valence-corrected chi connectivity index (χ4v) is 3.80. The van der Waals surface area contributed by atoms with Crippen molar-refractivity contribution < 1.29 is 0 Å². The quantitative estimate of drug-likeness (QED) is 0.879. The molecule has 2 heteroatoms. The number of hydrogen-bond acceptors (Lipinski definition) is 2. The maximum absolute atomic E-state index is 4.57. The molecule has 1 atom stereocenters. The van der Waals surface area contributed by atoms with Gasteiger partial charge in [-0.1, -0.05) is 25.3 Å². The molecule has 2 nitrogen and oxygen atoms in total. The third-order valence-electron chi connectivity index (χ3n) is 5.00. The molecule has 1 aromatic rings. The van der Waals surface area contributed by atoms with Crippen molar-refractivity contribution in [3.05, 3.63) is 29.6 Å². The summed E-state index contributed by atoms with van der Waals surface area (Å²) < 4.78 is 0. The predicted octanol–water partition coefficient (Wildman–Crippen LogP) is 3.59. The summed E-state index contributed by atoms with van der Waals surface area (Å²) in [5.74, 6) is 0. The van der Waals surface area contributed by atoms with Crippen molar-refractivity contribution in [3.63, 3.8) is 0 Å². The fourth-order valence-electron chi connectivity index (χ4n) is 3.80. The van der Waals surface area contributed by atoms with Gasteiger partial charge in [-0.05, 0) is 50.2 Å². The summed E-state index contributed by atoms with van der Waals surface area (Å²) in [6, 6.07) is 7.05. The van der Waals surface area contributed by atoms with Crippen LogP contribution in [0.4, 0.5) is 0 Å². The first-order chi connectivity index (χ1) is 8.78. The van der Waals surface area contributed by atoms with Crippen molar-refractivity contribution in [1.82, 2.24) is 10.3 Å². The monoisotopic (exact) mass is 244 g/mol. The van der Waals surface area contributed by atoms with E-state index in [9.17, 15) is 0 Å². The van der Waals surface area contributed by atoms with Gasteiger partial charge in [-0.15, -0.1) is 0 Å². The second-order valence-corrected chi connectivity index (χ2v) is 6.17. The SMILES string of the molecule is Cc1cccc(CNC2CCC23CCCCC3)n1. The van der Waals surface area contributed by atoms with Crippen molar-refractivity contribution >= 4 is 0 Å². The zero-order valence-corrected chi connectivity index (χ0v) is 11.4. The van der Waals surface area contributed by atoms with E-state index < -0.39 is 0 Å². The molecule has 18 heavy (non-hydrogen) atoms. The highest BCUT2D eigenvalue weighted by molar-refractivity contribution is 5.10. The molecular formula is C16H24N2. The van der Waals surface area contributed by atoms with Crippen molar-refractivity contribution in [2.45, 2.75) is 64.5 Å². The summed E-state index contributed by atoms with van der Waals surface area (Å²) in [6.07, 6.45) is 10.1. The van der Waals surface area contributed by atoms with E-state index in [4.69, 9.17) is 0 Å². The van der Waals surface area contributed by atoms with Crippen LogP contribution in [0.1, 0.15) is 56.3 Å². The number of aryl methyl sites for hydroxylation is 1. The molecule has 1 N–H and O–H groups in total. The Balaban J connectivity index is 1.57. The van der Waals surface area contributed by atoms with Gasteiger partial charge in [0, 0.05) is 18.3 Å². The topological polar surface area (TPSA) is 24.9 Å². The van der Waals surface area contributed by atoms with Gasteiger partial charge in [0.2, 0.25) is 0 Å². The number of pyridine rings is 1. The average Bonchev–Trinajstić information content (AvgIpc) is 2.39. The maximum atomic E-state index is 4.57. The molecule has 98 valence electrons. The summed E-state index contributed by atoms with van der Waals surface area (Å²) >= 11 is 0. The van der Waals surface area contributed by atoms with Crippen molar-refractivity contribution in [2.75, 3.05) is 0 Å². The number of aromatic nitrogens is 1. The summed E-state index contributed by atoms with van der Waals surface area (Å²) in [7, 11) is 0. The summed E-state index contributed by atoms with van der Waals surface area (Å²) in [5.41, 5.74) is 2.96. The standard InChI is InChI=1S/C16H24N2/c1-13-6-5-7-14(18-13)12-17-15-8-11-16(15)9-3-2-4-10-16/h5-7,15,17H,2-4,8-12H2,1H3. The van der Waals surface area contributed by atoms with Crippen LogP contribution in [0.5, 0.6) is 0 Å². The Morgan fingerprint density at radius 1 is 1.22 bits per heavy atom. The Morgan fingerprint density at radius 2 is 2.06 bits per heavy atom. The second kappa shape index (κ2) is 5.00. The van der Waals surface area contributed by atoms with Crippen LogP contribution in [0, 0.1) is 12.3 Å². The minimum Gasteiger partial charge on any atom is -0.308 e. The number of nitrogens with zero attached hydrogens (tertiary/aromatic N) is 1. The molecule has 1 aromatic heterocycles. The number of nitrogens with one attached hydrogen (secondary N) is 1. The molecule has 0 aliphatic heterocycles. The summed E-state index contributed by atoms with van der Waals surface area (Å²) in [4.78, 5) is 4.57. The molecule has 0 aromatic carbocycles. The van der Waals surface area contributed by atoms with Crippen LogP contribution >= 0.6 is 0 Å². The minimum atomic E-state index is 0.655. The Bertz CT molecular complexity index is 407. The number of hydrogen-bond donors (Lipinski definition) is 1. The van der Waals surface area contributed by atoms with Gasteiger partial charge in [-0.3, -0.25) is 4.98 Å². The van der Waals surface area contributed by atoms with Gasteiger partial charge in [0.05, 0.1) is 5.69 Å². The number of rotatable bonds is 3. The average molecular weight is 244 g/mol. The Hall–Kier alpha value is -0.890. The Labute approximate surface area is 110 Å². The molecule has 1 unspecified atom stereocenters. The summed E-state index contributed by atoms with van der Waals surface area (Å²) in [6.45, 7) is 3.00. The molecular weight excluding hydrogens is 220 g/mol. The van der Waals surface area contributed by atoms with E-state index in [0.717, 1.165) is 18.3 Å². The zero-order valence-electron chi connectivity index (χ0n) is 11.4. The Morgan fingerprint density at radius 3 is 2.72 bits per heavy atom. The largest absolute Gasteiger partial charge is 0.308 e. The lowest BCUT2D eigenvalue weighted by Gasteiger charge is -2.52. The van der Waals surface area contributed by atoms with Crippen LogP contribution in [-0.4, -0.2) is 11.0 Å². The molecule has 0 radical (unpaired) electrons. The highest BCUT2D eigenvalue weighted by Gasteiger charge is 2.46. The van der Waals surface area contributed by atoms with Crippen molar-refractivity contribution in [3.8, 4) is 0 Å². The second-order valence-electron chi connectivity index (χ2n) is 6.17. The normalized spacial score (nSPS) is 25.9. The van der Waals surface area contributed by atoms with Gasteiger partial charge in [-0.25, -0.2) is 0 Å². The van der Waals surface area contributed by atoms with Crippen molar-refractivity contribution in [2.24, 2.45) is 5.41 Å². The molecule has 1 heterocycles. The van der Waals surface area contributed by atoms with E-state index in [1.165, 1.54) is 50.6 Å². The Kier molecular flexibility index (Phi) is 3.38. The first kappa shape index (κ1) is 12.2. The predicted molar refractivity (Wildman–Crippen MR) is 74.4 cm³/mol. The lowest BCUT2D eigenvalue weighted by molar-refractivity contribution is 0.0220. The van der Waals surface area contributed by atoms with Gasteiger partial charge in [0.1, 0.15) is 0 Å². The van der Waals surface area contributed by atoms with E-state index >= 15 is 0 Å². The highest BCUT2D eigenvalue weighted by atomic mass is 15.0. The van der Waals surface area contributed by atoms with E-state index in [0.29, 0.717) is 5.41 Å². The first-order valence-corrected chi connectivity index (χ1v) is 7.44. The van der Waals surface area contributed by atoms with Crippen LogP contribution < -0.4 is 5.32 Å². The van der Waals surface area contributed by atoms with E-state index in [-0.39, 0.29) is 0 Å². The van der Waals surface area contributed by atoms with E-state index in [1.807, 2.05) is 0 Å². The zero-order chi connectivity index (χ0) is 12.4. The van der Waals surface area contributed by atoms with Gasteiger partial charge < -0.3 is 5.32 Å². The molecule has 2 saturated carbocycles. The van der Waals surface area contributed by atoms with E-state index in [2.05, 4.69) is 35.4 Å². The molecule has 0 saturated heterocycles. The lowest BCUT2D eigenvalue weighted by Crippen LogP contribution is -2.54. The third-order valence-corrected chi connectivity index (χ3v) is 5.00. The maximum Gasteiger partial charge on any atom is 0.0544 e. The van der Waals surface area contributed by atoms with Crippen LogP contribution in [0.25, 0.3) is 0 Å². The molecule has 0 amide bonds. The van der Waals surface area contributed by atoms with Crippen molar-refractivity contribution in [1.29, 1.82) is 0 Å². The molecule has 1 spiro atoms. The molecule has 2 aliphatic rings. The fraction of sp³-hybridized carbons (Fsp3) is 0.688. The van der Waals surface area contributed by atoms with Crippen LogP contribution in [0.2, 0.25) is 0 Å².